The summed E-state index contributed by atoms with van der Waals surface area (Å²) in [4.78, 5) is 34.0. The van der Waals surface area contributed by atoms with E-state index in [-0.39, 0.29) is 17.8 Å². The molecule has 1 aliphatic rings. The first-order valence-corrected chi connectivity index (χ1v) is 14.5. The number of aromatic nitrogens is 2. The van der Waals surface area contributed by atoms with Crippen molar-refractivity contribution in [2.24, 2.45) is 5.92 Å². The number of hydrogen-bond donors (Lipinski definition) is 0. The van der Waals surface area contributed by atoms with E-state index >= 15 is 0 Å². The van der Waals surface area contributed by atoms with Crippen LogP contribution in [0.3, 0.4) is 0 Å². The molecule has 1 aromatic carbocycles. The number of esters is 1. The van der Waals surface area contributed by atoms with Crippen molar-refractivity contribution < 1.29 is 14.3 Å². The fourth-order valence-corrected chi connectivity index (χ4v) is 6.60. The van der Waals surface area contributed by atoms with E-state index in [1.165, 1.54) is 16.2 Å². The molecular weight excluding hydrogens is 526 g/mol. The van der Waals surface area contributed by atoms with Crippen LogP contribution < -0.4 is 0 Å². The van der Waals surface area contributed by atoms with Crippen molar-refractivity contribution in [1.29, 1.82) is 0 Å². The Balaban J connectivity index is 1.50. The Morgan fingerprint density at radius 1 is 1.19 bits per heavy atom. The lowest BCUT2D eigenvalue weighted by atomic mass is 9.97. The van der Waals surface area contributed by atoms with Crippen molar-refractivity contribution in [3.8, 4) is 22.0 Å². The Hall–Kier alpha value is -2.94. The Kier molecular flexibility index (Phi) is 7.79. The molecule has 0 aliphatic carbocycles. The first-order chi connectivity index (χ1) is 18.0. The molecule has 4 aromatic rings. The molecule has 1 atom stereocenters. The number of nitrogens with zero attached hydrogens (tertiary/aromatic N) is 3. The van der Waals surface area contributed by atoms with Gasteiger partial charge in [0.2, 0.25) is 0 Å². The van der Waals surface area contributed by atoms with Gasteiger partial charge in [0.1, 0.15) is 5.01 Å². The zero-order chi connectivity index (χ0) is 25.9. The Morgan fingerprint density at radius 2 is 2.03 bits per heavy atom. The molecule has 1 amide bonds. The van der Waals surface area contributed by atoms with Crippen molar-refractivity contribution in [3.63, 3.8) is 0 Å². The van der Waals surface area contributed by atoms with Gasteiger partial charge in [-0.3, -0.25) is 9.59 Å². The highest BCUT2D eigenvalue weighted by Gasteiger charge is 2.32. The molecular formula is C28H28ClN3O3S2. The van der Waals surface area contributed by atoms with E-state index in [4.69, 9.17) is 21.3 Å². The minimum absolute atomic E-state index is 0.0563. The molecule has 1 fully saturated rings. The Morgan fingerprint density at radius 3 is 2.78 bits per heavy atom. The van der Waals surface area contributed by atoms with Crippen molar-refractivity contribution in [2.45, 2.75) is 33.2 Å². The number of carbonyl (C=O) groups is 2. The highest BCUT2D eigenvalue weighted by molar-refractivity contribution is 7.13. The van der Waals surface area contributed by atoms with E-state index in [1.54, 1.807) is 23.2 Å². The number of amides is 1. The Bertz CT molecular complexity index is 1410. The van der Waals surface area contributed by atoms with Crippen LogP contribution in [0, 0.1) is 12.8 Å². The van der Waals surface area contributed by atoms with Gasteiger partial charge in [0.05, 0.1) is 41.0 Å². The number of thiophene rings is 1. The van der Waals surface area contributed by atoms with Crippen LogP contribution in [-0.2, 0) is 16.1 Å². The van der Waals surface area contributed by atoms with Crippen LogP contribution in [0.2, 0.25) is 5.02 Å². The third-order valence-corrected chi connectivity index (χ3v) is 8.76. The SMILES string of the molecule is CCOC(=O)C1CCCN(C(=O)c2cc(-c3csc(-c4ccccc4Cl)n3)n(Cc3cccs3)c2C)C1. The molecule has 1 unspecified atom stereocenters. The molecule has 5 rings (SSSR count). The molecule has 0 radical (unpaired) electrons. The van der Waals surface area contributed by atoms with Gasteiger partial charge < -0.3 is 14.2 Å². The van der Waals surface area contributed by atoms with Crippen LogP contribution >= 0.6 is 34.3 Å². The number of thiazole rings is 1. The monoisotopic (exact) mass is 553 g/mol. The lowest BCUT2D eigenvalue weighted by molar-refractivity contribution is -0.149. The molecule has 0 spiro atoms. The molecule has 0 saturated carbocycles. The van der Waals surface area contributed by atoms with Gasteiger partial charge in [-0.1, -0.05) is 35.9 Å². The maximum atomic E-state index is 13.7. The molecule has 1 aliphatic heterocycles. The number of ether oxygens (including phenoxy) is 1. The normalized spacial score (nSPS) is 15.6. The van der Waals surface area contributed by atoms with Crippen LogP contribution in [-0.4, -0.2) is 46.0 Å². The van der Waals surface area contributed by atoms with Crippen LogP contribution in [0.1, 0.15) is 40.7 Å². The summed E-state index contributed by atoms with van der Waals surface area (Å²) in [6.07, 6.45) is 1.53. The highest BCUT2D eigenvalue weighted by atomic mass is 35.5. The van der Waals surface area contributed by atoms with Crippen LogP contribution in [0.15, 0.2) is 53.2 Å². The zero-order valence-corrected chi connectivity index (χ0v) is 23.2. The predicted molar refractivity (Wildman–Crippen MR) is 149 cm³/mol. The average Bonchev–Trinajstić information content (AvgIpc) is 3.66. The van der Waals surface area contributed by atoms with Crippen LogP contribution in [0.25, 0.3) is 22.0 Å². The van der Waals surface area contributed by atoms with Gasteiger partial charge >= 0.3 is 5.97 Å². The zero-order valence-electron chi connectivity index (χ0n) is 20.8. The molecule has 37 heavy (non-hydrogen) atoms. The molecule has 0 N–H and O–H groups in total. The van der Waals surface area contributed by atoms with Crippen molar-refractivity contribution in [2.75, 3.05) is 19.7 Å². The number of benzene rings is 1. The summed E-state index contributed by atoms with van der Waals surface area (Å²) in [5, 5.41) is 5.57. The first kappa shape index (κ1) is 25.7. The van der Waals surface area contributed by atoms with Crippen molar-refractivity contribution >= 4 is 46.2 Å². The molecule has 0 bridgehead atoms. The quantitative estimate of drug-likeness (QED) is 0.237. The maximum absolute atomic E-state index is 13.7. The topological polar surface area (TPSA) is 64.4 Å². The lowest BCUT2D eigenvalue weighted by Gasteiger charge is -2.31. The van der Waals surface area contributed by atoms with E-state index in [9.17, 15) is 9.59 Å². The second-order valence-corrected chi connectivity index (χ2v) is 11.4. The molecule has 1 saturated heterocycles. The van der Waals surface area contributed by atoms with E-state index in [0.29, 0.717) is 36.8 Å². The van der Waals surface area contributed by atoms with E-state index < -0.39 is 0 Å². The van der Waals surface area contributed by atoms with Crippen LogP contribution in [0.4, 0.5) is 0 Å². The summed E-state index contributed by atoms with van der Waals surface area (Å²) >= 11 is 9.65. The first-order valence-electron chi connectivity index (χ1n) is 12.4. The molecule has 192 valence electrons. The second kappa shape index (κ2) is 11.2. The third kappa shape index (κ3) is 5.37. The number of piperidine rings is 1. The highest BCUT2D eigenvalue weighted by Crippen LogP contribution is 2.35. The fourth-order valence-electron chi connectivity index (χ4n) is 4.77. The van der Waals surface area contributed by atoms with Gasteiger partial charge in [-0.05, 0) is 50.3 Å². The van der Waals surface area contributed by atoms with E-state index in [2.05, 4.69) is 16.0 Å². The lowest BCUT2D eigenvalue weighted by Crippen LogP contribution is -2.43. The van der Waals surface area contributed by atoms with E-state index in [0.717, 1.165) is 40.5 Å². The molecule has 4 heterocycles. The standard InChI is InChI=1S/C28H28ClN3O3S2/c1-3-35-28(34)19-8-6-12-31(15-19)27(33)22-14-25(32(18(22)2)16-20-9-7-13-36-20)24-17-37-26(30-24)21-10-4-5-11-23(21)29/h4-5,7,9-11,13-14,17,19H,3,6,8,12,15-16H2,1-2H3. The predicted octanol–water partition coefficient (Wildman–Crippen LogP) is 6.77. The number of carbonyl (C=O) groups excluding carboxylic acids is 2. The molecule has 3 aromatic heterocycles. The number of halogens is 1. The fraction of sp³-hybridized carbons (Fsp3) is 0.321. The van der Waals surface area contributed by atoms with Crippen molar-refractivity contribution in [1.82, 2.24) is 14.5 Å². The number of rotatable bonds is 7. The summed E-state index contributed by atoms with van der Waals surface area (Å²) in [6, 6.07) is 13.8. The summed E-state index contributed by atoms with van der Waals surface area (Å²) < 4.78 is 7.39. The van der Waals surface area contributed by atoms with Gasteiger partial charge in [0.15, 0.2) is 0 Å². The number of hydrogen-bond acceptors (Lipinski definition) is 6. The largest absolute Gasteiger partial charge is 0.466 e. The number of likely N-dealkylation sites (tertiary alicyclic amines) is 1. The summed E-state index contributed by atoms with van der Waals surface area (Å²) in [5.41, 5.74) is 4.12. The molecule has 6 nitrogen and oxygen atoms in total. The summed E-state index contributed by atoms with van der Waals surface area (Å²) in [5.74, 6) is -0.552. The van der Waals surface area contributed by atoms with Gasteiger partial charge in [0.25, 0.3) is 5.91 Å². The Labute approximate surface area is 229 Å². The smallest absolute Gasteiger partial charge is 0.310 e. The second-order valence-electron chi connectivity index (χ2n) is 9.05. The maximum Gasteiger partial charge on any atom is 0.310 e. The average molecular weight is 554 g/mol. The van der Waals surface area contributed by atoms with E-state index in [1.807, 2.05) is 48.7 Å². The van der Waals surface area contributed by atoms with Gasteiger partial charge in [-0.2, -0.15) is 0 Å². The molecule has 9 heteroatoms. The summed E-state index contributed by atoms with van der Waals surface area (Å²) in [6.45, 7) is 5.81. The van der Waals surface area contributed by atoms with Gasteiger partial charge in [0, 0.05) is 34.6 Å². The third-order valence-electron chi connectivity index (χ3n) is 6.69. The van der Waals surface area contributed by atoms with Gasteiger partial charge in [-0.25, -0.2) is 4.98 Å². The van der Waals surface area contributed by atoms with Crippen LogP contribution in [0.5, 0.6) is 0 Å². The van der Waals surface area contributed by atoms with Crippen molar-refractivity contribution in [3.05, 3.63) is 74.4 Å². The van der Waals surface area contributed by atoms with Gasteiger partial charge in [-0.15, -0.1) is 22.7 Å². The summed E-state index contributed by atoms with van der Waals surface area (Å²) in [7, 11) is 0. The minimum atomic E-state index is -0.276. The minimum Gasteiger partial charge on any atom is -0.466 e.